The molecule has 248 valence electrons. The topological polar surface area (TPSA) is 15.6 Å². The van der Waals surface area contributed by atoms with Crippen LogP contribution in [0, 0.1) is 0 Å². The molecule has 8 aromatic rings. The maximum absolute atomic E-state index is 4.78. The summed E-state index contributed by atoms with van der Waals surface area (Å²) in [6.45, 7) is 0. The standard InChI is InChI=1S/C51H34N2/c1-3-14-35(15-4-1)49-50(52-49)36-28-26-34(27-29-36)37-16-13-17-38(32-37)39-30-31-44-42(33-39)41-20-7-8-21-43(41)51(44)45-22-9-11-24-47(45)53(40-18-5-2-6-19-40)48-25-12-10-23-46(48)51/h1-33,50H/t50-/m1/s1. The summed E-state index contributed by atoms with van der Waals surface area (Å²) in [6, 6.07) is 73.5. The van der Waals surface area contributed by atoms with E-state index < -0.39 is 5.41 Å². The van der Waals surface area contributed by atoms with Gasteiger partial charge < -0.3 is 4.90 Å². The van der Waals surface area contributed by atoms with Gasteiger partial charge in [-0.3, -0.25) is 4.99 Å². The first-order chi connectivity index (χ1) is 26.3. The number of rotatable bonds is 5. The van der Waals surface area contributed by atoms with Gasteiger partial charge in [0.15, 0.2) is 0 Å². The Kier molecular flexibility index (Phi) is 6.56. The molecule has 0 aromatic heterocycles. The summed E-state index contributed by atoms with van der Waals surface area (Å²) < 4.78 is 0. The van der Waals surface area contributed by atoms with Crippen molar-refractivity contribution in [2.45, 2.75) is 11.5 Å². The predicted molar refractivity (Wildman–Crippen MR) is 219 cm³/mol. The van der Waals surface area contributed by atoms with Crippen LogP contribution in [0.4, 0.5) is 17.1 Å². The SMILES string of the molecule is c1ccc(C2=N[C@@H]2c2ccc(-c3cccc(-c4ccc5c(c4)-c4ccccc4C54c5ccccc5N(c5ccccc5)c5ccccc54)c3)cc2)cc1. The van der Waals surface area contributed by atoms with Gasteiger partial charge in [-0.2, -0.15) is 0 Å². The Labute approximate surface area is 310 Å². The Bertz CT molecular complexity index is 2680. The molecule has 0 amide bonds. The minimum atomic E-state index is -0.446. The molecule has 2 heteroatoms. The zero-order chi connectivity index (χ0) is 34.9. The van der Waals surface area contributed by atoms with Crippen LogP contribution in [0.3, 0.4) is 0 Å². The molecule has 0 bridgehead atoms. The minimum absolute atomic E-state index is 0.167. The smallest absolute Gasteiger partial charge is 0.118 e. The van der Waals surface area contributed by atoms with E-state index in [0.717, 1.165) is 5.69 Å². The summed E-state index contributed by atoms with van der Waals surface area (Å²) in [5, 5.41) is 0. The number of benzene rings is 8. The highest BCUT2D eigenvalue weighted by Gasteiger charge is 2.51. The Hall–Kier alpha value is -6.77. The molecule has 3 aliphatic rings. The van der Waals surface area contributed by atoms with Gasteiger partial charge in [-0.1, -0.05) is 164 Å². The van der Waals surface area contributed by atoms with Crippen molar-refractivity contribution in [3.8, 4) is 33.4 Å². The molecule has 0 saturated carbocycles. The van der Waals surface area contributed by atoms with Gasteiger partial charge in [0.25, 0.3) is 0 Å². The molecule has 2 aliphatic heterocycles. The van der Waals surface area contributed by atoms with Gasteiger partial charge in [0, 0.05) is 5.69 Å². The van der Waals surface area contributed by atoms with E-state index in [4.69, 9.17) is 4.99 Å². The van der Waals surface area contributed by atoms with Crippen LogP contribution in [0.25, 0.3) is 33.4 Å². The van der Waals surface area contributed by atoms with Gasteiger partial charge in [0.1, 0.15) is 6.04 Å². The van der Waals surface area contributed by atoms with Gasteiger partial charge in [-0.15, -0.1) is 0 Å². The van der Waals surface area contributed by atoms with Gasteiger partial charge in [-0.25, -0.2) is 0 Å². The Morgan fingerprint density at radius 2 is 0.906 bits per heavy atom. The molecule has 1 spiro atoms. The molecule has 0 unspecified atom stereocenters. The molecule has 0 N–H and O–H groups in total. The van der Waals surface area contributed by atoms with Crippen LogP contribution in [0.1, 0.15) is 39.4 Å². The van der Waals surface area contributed by atoms with Crippen molar-refractivity contribution in [1.82, 2.24) is 0 Å². The fourth-order valence-electron chi connectivity index (χ4n) is 9.06. The first kappa shape index (κ1) is 29.9. The van der Waals surface area contributed by atoms with Gasteiger partial charge in [-0.05, 0) is 103 Å². The van der Waals surface area contributed by atoms with Crippen molar-refractivity contribution < 1.29 is 0 Å². The zero-order valence-corrected chi connectivity index (χ0v) is 29.0. The summed E-state index contributed by atoms with van der Waals surface area (Å²) >= 11 is 0. The number of anilines is 3. The van der Waals surface area contributed by atoms with E-state index in [1.165, 1.54) is 83.8 Å². The van der Waals surface area contributed by atoms with E-state index in [0.29, 0.717) is 0 Å². The molecule has 53 heavy (non-hydrogen) atoms. The number of hydrogen-bond donors (Lipinski definition) is 0. The van der Waals surface area contributed by atoms with Crippen molar-refractivity contribution in [2.24, 2.45) is 4.99 Å². The molecular weight excluding hydrogens is 641 g/mol. The summed E-state index contributed by atoms with van der Waals surface area (Å²) in [4.78, 5) is 7.22. The third-order valence-electron chi connectivity index (χ3n) is 11.4. The normalized spacial score (nSPS) is 15.6. The highest BCUT2D eigenvalue weighted by molar-refractivity contribution is 6.13. The molecule has 2 nitrogen and oxygen atoms in total. The van der Waals surface area contributed by atoms with Crippen LogP contribution in [-0.2, 0) is 5.41 Å². The Balaban J connectivity index is 1.01. The largest absolute Gasteiger partial charge is 0.310 e. The number of para-hydroxylation sites is 3. The molecule has 2 heterocycles. The molecular formula is C51H34N2. The van der Waals surface area contributed by atoms with E-state index in [1.807, 2.05) is 0 Å². The minimum Gasteiger partial charge on any atom is -0.310 e. The summed E-state index contributed by atoms with van der Waals surface area (Å²) in [5.41, 5.74) is 19.5. The van der Waals surface area contributed by atoms with Crippen molar-refractivity contribution in [3.05, 3.63) is 234 Å². The number of fused-ring (bicyclic) bond motifs is 9. The van der Waals surface area contributed by atoms with Crippen LogP contribution in [0.5, 0.6) is 0 Å². The lowest BCUT2D eigenvalue weighted by molar-refractivity contribution is 0.753. The van der Waals surface area contributed by atoms with E-state index in [1.54, 1.807) is 0 Å². The predicted octanol–water partition coefficient (Wildman–Crippen LogP) is 12.7. The molecule has 0 radical (unpaired) electrons. The second-order valence-electron chi connectivity index (χ2n) is 14.2. The van der Waals surface area contributed by atoms with Gasteiger partial charge in [0.2, 0.25) is 0 Å². The monoisotopic (exact) mass is 674 g/mol. The van der Waals surface area contributed by atoms with Crippen LogP contribution in [0.15, 0.2) is 205 Å². The van der Waals surface area contributed by atoms with Crippen molar-refractivity contribution in [1.29, 1.82) is 0 Å². The highest BCUT2D eigenvalue weighted by atomic mass is 15.2. The molecule has 8 aromatic carbocycles. The number of hydrogen-bond acceptors (Lipinski definition) is 2. The molecule has 1 atom stereocenters. The average molecular weight is 675 g/mol. The van der Waals surface area contributed by atoms with Crippen LogP contribution in [0.2, 0.25) is 0 Å². The maximum Gasteiger partial charge on any atom is 0.118 e. The average Bonchev–Trinajstić information content (AvgIpc) is 4.00. The molecule has 0 saturated heterocycles. The molecule has 0 fully saturated rings. The zero-order valence-electron chi connectivity index (χ0n) is 29.0. The van der Waals surface area contributed by atoms with Gasteiger partial charge in [0.05, 0.1) is 22.5 Å². The van der Waals surface area contributed by atoms with Crippen LogP contribution >= 0.6 is 0 Å². The fourth-order valence-corrected chi connectivity index (χ4v) is 9.06. The Morgan fingerprint density at radius 3 is 1.62 bits per heavy atom. The quantitative estimate of drug-likeness (QED) is 0.177. The summed E-state index contributed by atoms with van der Waals surface area (Å²) in [7, 11) is 0. The summed E-state index contributed by atoms with van der Waals surface area (Å²) in [5.74, 6) is 0. The van der Waals surface area contributed by atoms with Gasteiger partial charge >= 0.3 is 0 Å². The van der Waals surface area contributed by atoms with E-state index in [9.17, 15) is 0 Å². The number of nitrogens with zero attached hydrogens (tertiary/aromatic N) is 2. The first-order valence-electron chi connectivity index (χ1n) is 18.4. The molecule has 11 rings (SSSR count). The van der Waals surface area contributed by atoms with E-state index in [2.05, 4.69) is 205 Å². The first-order valence-corrected chi connectivity index (χ1v) is 18.4. The summed E-state index contributed by atoms with van der Waals surface area (Å²) in [6.07, 6.45) is 0. The third-order valence-corrected chi connectivity index (χ3v) is 11.4. The number of aliphatic imine (C=N–C) groups is 1. The van der Waals surface area contributed by atoms with E-state index >= 15 is 0 Å². The lowest BCUT2D eigenvalue weighted by Gasteiger charge is -2.45. The lowest BCUT2D eigenvalue weighted by atomic mass is 9.64. The van der Waals surface area contributed by atoms with Crippen molar-refractivity contribution >= 4 is 22.8 Å². The highest BCUT2D eigenvalue weighted by Crippen LogP contribution is 2.63. The van der Waals surface area contributed by atoms with Crippen LogP contribution < -0.4 is 4.90 Å². The lowest BCUT2D eigenvalue weighted by Crippen LogP contribution is -2.36. The maximum atomic E-state index is 4.78. The van der Waals surface area contributed by atoms with E-state index in [-0.39, 0.29) is 6.04 Å². The van der Waals surface area contributed by atoms with Crippen molar-refractivity contribution in [3.63, 3.8) is 0 Å². The molecule has 1 aliphatic carbocycles. The third kappa shape index (κ3) is 4.49. The Morgan fingerprint density at radius 1 is 0.377 bits per heavy atom. The van der Waals surface area contributed by atoms with Crippen LogP contribution in [-0.4, -0.2) is 5.71 Å². The second-order valence-corrected chi connectivity index (χ2v) is 14.2. The second kappa shape index (κ2) is 11.6. The van der Waals surface area contributed by atoms with Crippen molar-refractivity contribution in [2.75, 3.05) is 4.90 Å². The fraction of sp³-hybridized carbons (Fsp3) is 0.0392.